The van der Waals surface area contributed by atoms with Crippen molar-refractivity contribution in [1.82, 2.24) is 15.1 Å². The first kappa shape index (κ1) is 19.1. The molecule has 156 valence electrons. The Morgan fingerprint density at radius 1 is 1.00 bits per heavy atom. The second-order valence-electron chi connectivity index (χ2n) is 7.81. The number of benzene rings is 2. The second kappa shape index (κ2) is 8.45. The highest BCUT2D eigenvalue weighted by molar-refractivity contribution is 5.51. The van der Waals surface area contributed by atoms with E-state index in [4.69, 9.17) is 18.6 Å². The maximum Gasteiger partial charge on any atom is 0.247 e. The molecule has 0 saturated carbocycles. The van der Waals surface area contributed by atoms with Crippen LogP contribution in [0.25, 0.3) is 11.5 Å². The summed E-state index contributed by atoms with van der Waals surface area (Å²) in [5, 5.41) is 8.65. The number of methoxy groups -OCH3 is 1. The van der Waals surface area contributed by atoms with Crippen LogP contribution < -0.4 is 9.47 Å². The van der Waals surface area contributed by atoms with Crippen LogP contribution in [0.5, 0.6) is 11.5 Å². The molecule has 1 fully saturated rings. The van der Waals surface area contributed by atoms with Crippen LogP contribution in [0.3, 0.4) is 0 Å². The highest BCUT2D eigenvalue weighted by Gasteiger charge is 2.37. The van der Waals surface area contributed by atoms with E-state index in [9.17, 15) is 0 Å². The summed E-state index contributed by atoms with van der Waals surface area (Å²) in [4.78, 5) is 2.41. The van der Waals surface area contributed by atoms with E-state index < -0.39 is 0 Å². The van der Waals surface area contributed by atoms with Crippen molar-refractivity contribution in [2.75, 3.05) is 40.0 Å². The van der Waals surface area contributed by atoms with Crippen molar-refractivity contribution in [2.45, 2.75) is 12.5 Å². The van der Waals surface area contributed by atoms with Gasteiger partial charge in [-0.3, -0.25) is 4.90 Å². The molecule has 3 heterocycles. The van der Waals surface area contributed by atoms with Crippen LogP contribution in [0.4, 0.5) is 0 Å². The van der Waals surface area contributed by atoms with E-state index >= 15 is 0 Å². The van der Waals surface area contributed by atoms with Gasteiger partial charge in [-0.2, -0.15) is 0 Å². The van der Waals surface area contributed by atoms with Gasteiger partial charge >= 0.3 is 0 Å². The molecule has 0 radical (unpaired) electrons. The third-order valence-corrected chi connectivity index (χ3v) is 5.69. The number of hydrogen-bond acceptors (Lipinski definition) is 7. The van der Waals surface area contributed by atoms with Crippen molar-refractivity contribution >= 4 is 0 Å². The molecule has 7 nitrogen and oxygen atoms in total. The Bertz CT molecular complexity index is 991. The Kier molecular flexibility index (Phi) is 5.38. The van der Waals surface area contributed by atoms with E-state index in [0.717, 1.165) is 36.7 Å². The minimum Gasteiger partial charge on any atom is -0.486 e. The quantitative estimate of drug-likeness (QED) is 0.620. The number of aromatic nitrogens is 2. The van der Waals surface area contributed by atoms with E-state index in [1.807, 2.05) is 36.4 Å². The van der Waals surface area contributed by atoms with Gasteiger partial charge < -0.3 is 18.6 Å². The first-order valence-electron chi connectivity index (χ1n) is 10.3. The van der Waals surface area contributed by atoms with Crippen LogP contribution in [0, 0.1) is 5.92 Å². The third kappa shape index (κ3) is 3.91. The van der Waals surface area contributed by atoms with Gasteiger partial charge in [0.05, 0.1) is 12.5 Å². The highest BCUT2D eigenvalue weighted by atomic mass is 16.6. The molecule has 2 atom stereocenters. The maximum atomic E-state index is 6.06. The predicted molar refractivity (Wildman–Crippen MR) is 111 cm³/mol. The molecule has 0 amide bonds. The zero-order chi connectivity index (χ0) is 20.3. The molecule has 0 spiro atoms. The maximum absolute atomic E-state index is 6.06. The lowest BCUT2D eigenvalue weighted by atomic mass is 9.97. The van der Waals surface area contributed by atoms with E-state index in [1.54, 1.807) is 7.11 Å². The zero-order valence-electron chi connectivity index (χ0n) is 17.0. The smallest absolute Gasteiger partial charge is 0.247 e. The summed E-state index contributed by atoms with van der Waals surface area (Å²) in [5.74, 6) is 3.34. The summed E-state index contributed by atoms with van der Waals surface area (Å²) in [6.45, 7) is 4.44. The van der Waals surface area contributed by atoms with Crippen molar-refractivity contribution in [3.05, 3.63) is 60.0 Å². The van der Waals surface area contributed by atoms with Crippen LogP contribution in [0.1, 0.15) is 17.4 Å². The van der Waals surface area contributed by atoms with Gasteiger partial charge in [0.2, 0.25) is 11.8 Å². The van der Waals surface area contributed by atoms with Gasteiger partial charge in [-0.05, 0) is 29.8 Å². The van der Waals surface area contributed by atoms with Gasteiger partial charge in [-0.25, -0.2) is 0 Å². The van der Waals surface area contributed by atoms with Crippen LogP contribution in [0.15, 0.2) is 52.9 Å². The lowest BCUT2D eigenvalue weighted by molar-refractivity contribution is 0.143. The Balaban J connectivity index is 1.32. The average molecular weight is 407 g/mol. The largest absolute Gasteiger partial charge is 0.486 e. The van der Waals surface area contributed by atoms with Crippen molar-refractivity contribution in [2.24, 2.45) is 5.92 Å². The summed E-state index contributed by atoms with van der Waals surface area (Å²) in [6, 6.07) is 16.0. The molecule has 1 saturated heterocycles. The molecule has 2 aliphatic heterocycles. The van der Waals surface area contributed by atoms with E-state index in [1.165, 1.54) is 5.56 Å². The molecule has 1 aromatic heterocycles. The van der Waals surface area contributed by atoms with Gasteiger partial charge in [0.15, 0.2) is 11.5 Å². The molecule has 0 N–H and O–H groups in total. The fourth-order valence-corrected chi connectivity index (χ4v) is 4.28. The molecule has 30 heavy (non-hydrogen) atoms. The number of rotatable bonds is 6. The first-order chi connectivity index (χ1) is 14.8. The minimum atomic E-state index is 0.145. The first-order valence-corrected chi connectivity index (χ1v) is 10.3. The fourth-order valence-electron chi connectivity index (χ4n) is 4.28. The molecule has 2 aromatic carbocycles. The van der Waals surface area contributed by atoms with Crippen molar-refractivity contribution in [3.8, 4) is 23.0 Å². The number of ether oxygens (including phenoxy) is 3. The van der Waals surface area contributed by atoms with Crippen LogP contribution in [-0.4, -0.2) is 55.1 Å². The third-order valence-electron chi connectivity index (χ3n) is 5.69. The monoisotopic (exact) mass is 407 g/mol. The SMILES string of the molecule is COC[C@@H]1CN(Cc2ccc3c(c2)OCCO3)C[C@H]1c1nnc(-c2ccccc2)o1. The topological polar surface area (TPSA) is 69.9 Å². The Morgan fingerprint density at radius 3 is 2.67 bits per heavy atom. The summed E-state index contributed by atoms with van der Waals surface area (Å²) in [6.07, 6.45) is 0. The summed E-state index contributed by atoms with van der Waals surface area (Å²) >= 11 is 0. The molecule has 7 heteroatoms. The standard InChI is InChI=1S/C23H25N3O4/c1-27-15-18-13-26(12-16-7-8-20-21(11-16)29-10-9-28-20)14-19(18)23-25-24-22(30-23)17-5-3-2-4-6-17/h2-8,11,18-19H,9-10,12-15H2,1H3/t18-,19+/m0/s1. The fraction of sp³-hybridized carbons (Fsp3) is 0.391. The minimum absolute atomic E-state index is 0.145. The van der Waals surface area contributed by atoms with Gasteiger partial charge in [-0.1, -0.05) is 24.3 Å². The average Bonchev–Trinajstić information content (AvgIpc) is 3.42. The molecule has 0 bridgehead atoms. The van der Waals surface area contributed by atoms with E-state index in [2.05, 4.69) is 27.2 Å². The van der Waals surface area contributed by atoms with E-state index in [-0.39, 0.29) is 5.92 Å². The molecular formula is C23H25N3O4. The van der Waals surface area contributed by atoms with E-state index in [0.29, 0.717) is 37.5 Å². The van der Waals surface area contributed by atoms with Crippen molar-refractivity contribution < 1.29 is 18.6 Å². The zero-order valence-corrected chi connectivity index (χ0v) is 17.0. The lowest BCUT2D eigenvalue weighted by Crippen LogP contribution is -2.21. The molecule has 0 aliphatic carbocycles. The van der Waals surface area contributed by atoms with Gasteiger partial charge in [0.25, 0.3) is 0 Å². The summed E-state index contributed by atoms with van der Waals surface area (Å²) in [5.41, 5.74) is 2.14. The van der Waals surface area contributed by atoms with Crippen LogP contribution >= 0.6 is 0 Å². The summed E-state index contributed by atoms with van der Waals surface area (Å²) in [7, 11) is 1.74. The number of likely N-dealkylation sites (tertiary alicyclic amines) is 1. The Hall–Kier alpha value is -2.90. The highest BCUT2D eigenvalue weighted by Crippen LogP contribution is 2.36. The number of hydrogen-bond donors (Lipinski definition) is 0. The molecular weight excluding hydrogens is 382 g/mol. The second-order valence-corrected chi connectivity index (χ2v) is 7.81. The predicted octanol–water partition coefficient (Wildman–Crippen LogP) is 3.37. The molecule has 2 aliphatic rings. The van der Waals surface area contributed by atoms with Crippen LogP contribution in [-0.2, 0) is 11.3 Å². The number of nitrogens with zero attached hydrogens (tertiary/aromatic N) is 3. The molecule has 0 unspecified atom stereocenters. The van der Waals surface area contributed by atoms with Gasteiger partial charge in [0, 0.05) is 38.2 Å². The molecule has 5 rings (SSSR count). The van der Waals surface area contributed by atoms with Gasteiger partial charge in [0.1, 0.15) is 13.2 Å². The van der Waals surface area contributed by atoms with Crippen molar-refractivity contribution in [3.63, 3.8) is 0 Å². The lowest BCUT2D eigenvalue weighted by Gasteiger charge is -2.21. The van der Waals surface area contributed by atoms with Crippen molar-refractivity contribution in [1.29, 1.82) is 0 Å². The van der Waals surface area contributed by atoms with Gasteiger partial charge in [-0.15, -0.1) is 10.2 Å². The Morgan fingerprint density at radius 2 is 1.83 bits per heavy atom. The number of fused-ring (bicyclic) bond motifs is 1. The van der Waals surface area contributed by atoms with Crippen LogP contribution in [0.2, 0.25) is 0 Å². The summed E-state index contributed by atoms with van der Waals surface area (Å²) < 4.78 is 22.9. The normalized spacial score (nSPS) is 21.1. The Labute approximate surface area is 175 Å². The molecule has 3 aromatic rings.